The first-order valence-corrected chi connectivity index (χ1v) is 8.48. The molecule has 2 aromatic heterocycles. The van der Waals surface area contributed by atoms with Crippen molar-refractivity contribution in [3.63, 3.8) is 0 Å². The number of hydrogen-bond acceptors (Lipinski definition) is 5. The molecule has 148 valence electrons. The lowest BCUT2D eigenvalue weighted by molar-refractivity contribution is 0.0945. The number of rotatable bonds is 6. The Balaban J connectivity index is 2.13. The van der Waals surface area contributed by atoms with Crippen LogP contribution < -0.4 is 10.9 Å². The standard InChI is InChI=1S/C20H29N3O3S/c1-13(2)23-15-7-11-27-18(15)17(24)16(20(23)26)19(25)21-8-5-10-22-9-4-6-14(3)12-22/h7,11,13-14,24H,4-6,8-10,12H2,1-3H3,(H,21,25)/i1D3,4D2,6D2,8D2,9D2,10D2,11D,12D2,13D,14D. The number of thiophene rings is 1. The minimum absolute atomic E-state index is 0.313. The van der Waals surface area contributed by atoms with E-state index in [1.165, 1.54) is 0 Å². The van der Waals surface area contributed by atoms with Gasteiger partial charge in [-0.25, -0.2) is 0 Å². The van der Waals surface area contributed by atoms with Crippen LogP contribution in [0.3, 0.4) is 0 Å². The van der Waals surface area contributed by atoms with Gasteiger partial charge in [0.15, 0.2) is 5.75 Å². The Morgan fingerprint density at radius 1 is 1.74 bits per heavy atom. The van der Waals surface area contributed by atoms with E-state index in [-0.39, 0.29) is 15.6 Å². The van der Waals surface area contributed by atoms with Crippen molar-refractivity contribution in [2.45, 2.75) is 45.9 Å². The van der Waals surface area contributed by atoms with Gasteiger partial charge in [-0.05, 0) is 63.3 Å². The van der Waals surface area contributed by atoms with Crippen molar-refractivity contribution in [1.82, 2.24) is 14.8 Å². The molecule has 1 amide bonds. The average molecular weight is 410 g/mol. The molecule has 0 spiro atoms. The molecule has 0 saturated carbocycles. The van der Waals surface area contributed by atoms with E-state index in [1.54, 1.807) is 5.32 Å². The van der Waals surface area contributed by atoms with Gasteiger partial charge in [0.05, 0.1) is 13.0 Å². The number of fused-ring (bicyclic) bond motifs is 1. The first-order chi connectivity index (χ1) is 19.6. The Bertz CT molecular complexity index is 1560. The van der Waals surface area contributed by atoms with E-state index in [1.807, 2.05) is 0 Å². The second kappa shape index (κ2) is 8.44. The van der Waals surface area contributed by atoms with Gasteiger partial charge in [-0.15, -0.1) is 11.3 Å². The molecule has 27 heavy (non-hydrogen) atoms. The van der Waals surface area contributed by atoms with Gasteiger partial charge in [0.1, 0.15) is 5.56 Å². The second-order valence-electron chi connectivity index (χ2n) is 5.43. The van der Waals surface area contributed by atoms with Crippen LogP contribution in [-0.2, 0) is 0 Å². The van der Waals surface area contributed by atoms with E-state index in [2.05, 4.69) is 0 Å². The van der Waals surface area contributed by atoms with Gasteiger partial charge in [0.2, 0.25) is 0 Å². The number of nitrogens with zero attached hydrogens (tertiary/aromatic N) is 2. The van der Waals surface area contributed by atoms with Crippen LogP contribution in [0.5, 0.6) is 5.75 Å². The van der Waals surface area contributed by atoms with Crippen molar-refractivity contribution in [1.29, 1.82) is 0 Å². The van der Waals surface area contributed by atoms with Crippen molar-refractivity contribution in [3.05, 3.63) is 27.3 Å². The van der Waals surface area contributed by atoms with Crippen LogP contribution in [0, 0.1) is 5.89 Å². The zero-order valence-corrected chi connectivity index (χ0v) is 15.2. The summed E-state index contributed by atoms with van der Waals surface area (Å²) in [6.07, 6.45) is -9.01. The van der Waals surface area contributed by atoms with Gasteiger partial charge in [-0.1, -0.05) is 6.92 Å². The Morgan fingerprint density at radius 2 is 2.56 bits per heavy atom. The number of pyridine rings is 1. The number of likely N-dealkylation sites (tertiary alicyclic amines) is 1. The van der Waals surface area contributed by atoms with Crippen LogP contribution in [0.15, 0.2) is 16.2 Å². The zero-order valence-electron chi connectivity index (χ0n) is 32.4. The first kappa shape index (κ1) is 7.19. The third-order valence-corrected chi connectivity index (χ3v) is 4.33. The highest BCUT2D eigenvalue weighted by atomic mass is 32.1. The predicted molar refractivity (Wildman–Crippen MR) is 110 cm³/mol. The number of carbonyl (C=O) groups excluding carboxylic acids is 1. The number of carbonyl (C=O) groups is 1. The first-order valence-electron chi connectivity index (χ1n) is 16.7. The summed E-state index contributed by atoms with van der Waals surface area (Å²) >= 11 is 0.488. The van der Waals surface area contributed by atoms with Crippen molar-refractivity contribution in [3.8, 4) is 5.75 Å². The normalized spacial score (nSPS) is 42.0. The highest BCUT2D eigenvalue weighted by molar-refractivity contribution is 7.17. The lowest BCUT2D eigenvalue weighted by atomic mass is 10.0. The van der Waals surface area contributed by atoms with Crippen molar-refractivity contribution in [2.75, 3.05) is 26.0 Å². The summed E-state index contributed by atoms with van der Waals surface area (Å²) in [5.74, 6) is -6.07. The minimum atomic E-state index is -3.86. The molecule has 3 rings (SSSR count). The SMILES string of the molecule is [2H]c1cc2c(s1)c(O)c(C(=O)NC([2H])([2H])CC([2H])([2H])N1C([2H])([2H])C([2H])([2H])C([2H])([2H])C([2H])(C)C1([2H])[2H])c(=O)n2C([2H])(C)C([2H])([2H])[2H]. The van der Waals surface area contributed by atoms with Gasteiger partial charge in [-0.2, -0.15) is 0 Å². The molecule has 0 radical (unpaired) electrons. The highest BCUT2D eigenvalue weighted by Crippen LogP contribution is 2.32. The maximum atomic E-state index is 13.5. The van der Waals surface area contributed by atoms with Crippen LogP contribution in [0.1, 0.15) is 80.9 Å². The van der Waals surface area contributed by atoms with Crippen molar-refractivity contribution >= 4 is 27.5 Å². The maximum Gasteiger partial charge on any atom is 0.268 e. The highest BCUT2D eigenvalue weighted by Gasteiger charge is 2.24. The van der Waals surface area contributed by atoms with E-state index in [9.17, 15) is 14.7 Å². The summed E-state index contributed by atoms with van der Waals surface area (Å²) in [5, 5.41) is 12.1. The van der Waals surface area contributed by atoms with E-state index < -0.39 is 91.6 Å². The summed E-state index contributed by atoms with van der Waals surface area (Å²) in [4.78, 5) is 26.3. The third-order valence-electron chi connectivity index (χ3n) is 3.49. The molecule has 7 heteroatoms. The minimum Gasteiger partial charge on any atom is -0.505 e. The lowest BCUT2D eigenvalue weighted by Gasteiger charge is -2.30. The van der Waals surface area contributed by atoms with Crippen LogP contribution in [-0.4, -0.2) is 46.5 Å². The summed E-state index contributed by atoms with van der Waals surface area (Å²) in [6, 6.07) is -1.82. The third kappa shape index (κ3) is 4.19. The summed E-state index contributed by atoms with van der Waals surface area (Å²) in [6.45, 7) is -16.3. The van der Waals surface area contributed by atoms with Crippen LogP contribution >= 0.6 is 11.3 Å². The lowest BCUT2D eigenvalue weighted by Crippen LogP contribution is -2.37. The predicted octanol–water partition coefficient (Wildman–Crippen LogP) is 3.20. The van der Waals surface area contributed by atoms with Crippen LogP contribution in [0.4, 0.5) is 0 Å². The largest absolute Gasteiger partial charge is 0.505 e. The van der Waals surface area contributed by atoms with E-state index in [0.29, 0.717) is 22.8 Å². The summed E-state index contributed by atoms with van der Waals surface area (Å²) in [5.41, 5.74) is -3.27. The number of piperidine rings is 1. The summed E-state index contributed by atoms with van der Waals surface area (Å²) < 4.78 is 146. The Hall–Kier alpha value is -1.86. The Kier molecular flexibility index (Phi) is 2.25. The second-order valence-corrected chi connectivity index (χ2v) is 6.28. The molecule has 0 bridgehead atoms. The Morgan fingerprint density at radius 3 is 3.33 bits per heavy atom. The van der Waals surface area contributed by atoms with Crippen molar-refractivity contribution < 1.29 is 34.6 Å². The van der Waals surface area contributed by atoms with Gasteiger partial charge in [0, 0.05) is 40.9 Å². The van der Waals surface area contributed by atoms with Gasteiger partial charge >= 0.3 is 0 Å². The van der Waals surface area contributed by atoms with Gasteiger partial charge in [0.25, 0.3) is 11.5 Å². The Labute approximate surface area is 189 Å². The fraction of sp³-hybridized carbons (Fsp3) is 0.600. The van der Waals surface area contributed by atoms with Crippen molar-refractivity contribution in [2.24, 2.45) is 5.89 Å². The molecule has 2 unspecified atom stereocenters. The molecule has 0 aliphatic carbocycles. The maximum absolute atomic E-state index is 13.5. The van der Waals surface area contributed by atoms with Crippen LogP contribution in [0.2, 0.25) is 0 Å². The molecule has 1 aliphatic rings. The number of aromatic hydroxyl groups is 1. The fourth-order valence-electron chi connectivity index (χ4n) is 2.36. The molecule has 1 aliphatic heterocycles. The quantitative estimate of drug-likeness (QED) is 0.768. The number of aromatic nitrogens is 1. The number of nitrogens with one attached hydrogen (secondary N) is 1. The van der Waals surface area contributed by atoms with E-state index >= 15 is 0 Å². The van der Waals surface area contributed by atoms with E-state index in [4.69, 9.17) is 24.7 Å². The molecular formula is C20H29N3O3S. The summed E-state index contributed by atoms with van der Waals surface area (Å²) in [7, 11) is 0. The van der Waals surface area contributed by atoms with Gasteiger partial charge in [-0.3, -0.25) is 9.59 Å². The average Bonchev–Trinajstić information content (AvgIpc) is 3.16. The molecule has 1 fully saturated rings. The smallest absolute Gasteiger partial charge is 0.268 e. The number of amides is 1. The monoisotopic (exact) mass is 409 g/mol. The molecule has 6 nitrogen and oxygen atoms in total. The molecule has 2 atom stereocenters. The molecule has 3 heterocycles. The molecule has 2 aromatic rings. The topological polar surface area (TPSA) is 74.6 Å². The molecule has 2 N–H and O–H groups in total. The van der Waals surface area contributed by atoms with Gasteiger partial charge < -0.3 is 19.9 Å². The zero-order chi connectivity index (χ0) is 35.5. The molecular weight excluding hydrogens is 362 g/mol. The fourth-order valence-corrected chi connectivity index (χ4v) is 3.10. The van der Waals surface area contributed by atoms with E-state index in [0.717, 1.165) is 13.0 Å². The number of hydrogen-bond donors (Lipinski definition) is 2. The van der Waals surface area contributed by atoms with Crippen LogP contribution in [0.25, 0.3) is 10.2 Å². The molecule has 1 saturated heterocycles. The molecule has 0 aromatic carbocycles.